The van der Waals surface area contributed by atoms with Gasteiger partial charge in [-0.25, -0.2) is 4.79 Å². The minimum Gasteiger partial charge on any atom is -0.462 e. The van der Waals surface area contributed by atoms with Crippen LogP contribution in [0.3, 0.4) is 0 Å². The van der Waals surface area contributed by atoms with Crippen molar-refractivity contribution in [1.29, 1.82) is 0 Å². The molecule has 1 heterocycles. The minimum absolute atomic E-state index is 0.171. The molecule has 1 aromatic carbocycles. The fourth-order valence-corrected chi connectivity index (χ4v) is 1.60. The Morgan fingerprint density at radius 1 is 1.15 bits per heavy atom. The maximum Gasteiger partial charge on any atom is 0.338 e. The van der Waals surface area contributed by atoms with E-state index in [1.54, 1.807) is 0 Å². The molecule has 0 aromatic heterocycles. The van der Waals surface area contributed by atoms with Gasteiger partial charge in [-0.1, -0.05) is 18.2 Å². The molecule has 13 heavy (non-hydrogen) atoms. The van der Waals surface area contributed by atoms with Crippen molar-refractivity contribution in [3.05, 3.63) is 35.4 Å². The quantitative estimate of drug-likeness (QED) is 0.566. The van der Waals surface area contributed by atoms with Crippen LogP contribution in [0.5, 0.6) is 0 Å². The normalized spacial score (nSPS) is 16.8. The lowest BCUT2D eigenvalue weighted by Crippen LogP contribution is -2.12. The van der Waals surface area contributed by atoms with Crippen LogP contribution in [0.2, 0.25) is 0 Å². The van der Waals surface area contributed by atoms with Crippen LogP contribution in [-0.4, -0.2) is 12.6 Å². The van der Waals surface area contributed by atoms with Gasteiger partial charge in [-0.2, -0.15) is 0 Å². The van der Waals surface area contributed by atoms with Gasteiger partial charge >= 0.3 is 5.97 Å². The van der Waals surface area contributed by atoms with E-state index in [-0.39, 0.29) is 5.97 Å². The molecule has 2 heteroatoms. The monoisotopic (exact) mass is 176 g/mol. The summed E-state index contributed by atoms with van der Waals surface area (Å²) in [6, 6.07) is 7.68. The van der Waals surface area contributed by atoms with Crippen LogP contribution in [0, 0.1) is 0 Å². The molecule has 68 valence electrons. The molecule has 1 aromatic rings. The summed E-state index contributed by atoms with van der Waals surface area (Å²) in [4.78, 5) is 11.4. The van der Waals surface area contributed by atoms with E-state index in [1.807, 2.05) is 24.3 Å². The molecule has 1 aliphatic rings. The molecule has 2 rings (SSSR count). The van der Waals surface area contributed by atoms with Crippen molar-refractivity contribution < 1.29 is 9.53 Å². The van der Waals surface area contributed by atoms with Gasteiger partial charge in [0, 0.05) is 0 Å². The van der Waals surface area contributed by atoms with Crippen LogP contribution < -0.4 is 0 Å². The predicted molar refractivity (Wildman–Crippen MR) is 49.7 cm³/mol. The molecule has 0 aliphatic carbocycles. The van der Waals surface area contributed by atoms with Gasteiger partial charge in [0.1, 0.15) is 0 Å². The predicted octanol–water partition coefficient (Wildman–Crippen LogP) is 2.18. The molecule has 0 unspecified atom stereocenters. The lowest BCUT2D eigenvalue weighted by atomic mass is 10.0. The molecule has 0 atom stereocenters. The van der Waals surface area contributed by atoms with E-state index in [9.17, 15) is 4.79 Å². The number of benzene rings is 1. The van der Waals surface area contributed by atoms with Crippen molar-refractivity contribution in [3.63, 3.8) is 0 Å². The zero-order chi connectivity index (χ0) is 9.10. The third-order valence-electron chi connectivity index (χ3n) is 2.31. The Balaban J connectivity index is 2.37. The molecule has 0 fully saturated rings. The maximum absolute atomic E-state index is 11.4. The van der Waals surface area contributed by atoms with E-state index in [1.165, 1.54) is 0 Å². The number of aryl methyl sites for hydroxylation is 1. The summed E-state index contributed by atoms with van der Waals surface area (Å²) < 4.78 is 5.07. The average molecular weight is 176 g/mol. The first-order valence-electron chi connectivity index (χ1n) is 4.63. The van der Waals surface area contributed by atoms with Gasteiger partial charge < -0.3 is 4.74 Å². The lowest BCUT2D eigenvalue weighted by molar-refractivity contribution is 0.0490. The summed E-state index contributed by atoms with van der Waals surface area (Å²) in [6.45, 7) is 0.563. The molecular weight excluding hydrogens is 164 g/mol. The van der Waals surface area contributed by atoms with Crippen molar-refractivity contribution >= 4 is 5.97 Å². The van der Waals surface area contributed by atoms with Crippen molar-refractivity contribution in [2.45, 2.75) is 19.3 Å². The highest BCUT2D eigenvalue weighted by Gasteiger charge is 2.13. The molecular formula is C11H12O2. The summed E-state index contributed by atoms with van der Waals surface area (Å²) in [7, 11) is 0. The number of hydrogen-bond acceptors (Lipinski definition) is 2. The van der Waals surface area contributed by atoms with Gasteiger partial charge in [0.05, 0.1) is 12.2 Å². The molecule has 0 saturated carbocycles. The van der Waals surface area contributed by atoms with Crippen molar-refractivity contribution in [1.82, 2.24) is 0 Å². The highest BCUT2D eigenvalue weighted by atomic mass is 16.5. The van der Waals surface area contributed by atoms with Gasteiger partial charge in [0.2, 0.25) is 0 Å². The Kier molecular flexibility index (Phi) is 2.30. The third kappa shape index (κ3) is 1.72. The number of hydrogen-bond donors (Lipinski definition) is 0. The standard InChI is InChI=1S/C11H12O2/c12-11-10-7-2-1-5-9(10)6-3-4-8-13-11/h1-2,5,7H,3-4,6,8H2. The fourth-order valence-electron chi connectivity index (χ4n) is 1.60. The summed E-state index contributed by atoms with van der Waals surface area (Å²) in [5, 5.41) is 0. The number of fused-ring (bicyclic) bond motifs is 1. The molecule has 0 radical (unpaired) electrons. The van der Waals surface area contributed by atoms with E-state index in [4.69, 9.17) is 4.74 Å². The number of cyclic esters (lactones) is 1. The highest BCUT2D eigenvalue weighted by Crippen LogP contribution is 2.16. The molecule has 2 nitrogen and oxygen atoms in total. The van der Waals surface area contributed by atoms with Crippen molar-refractivity contribution in [2.75, 3.05) is 6.61 Å². The SMILES string of the molecule is O=C1OCCCCc2ccccc21. The number of rotatable bonds is 0. The minimum atomic E-state index is -0.171. The Bertz CT molecular complexity index is 318. The molecule has 0 spiro atoms. The van der Waals surface area contributed by atoms with Crippen LogP contribution in [0.4, 0.5) is 0 Å². The van der Waals surface area contributed by atoms with Gasteiger partial charge in [-0.3, -0.25) is 0 Å². The summed E-state index contributed by atoms with van der Waals surface area (Å²) in [5.74, 6) is -0.171. The van der Waals surface area contributed by atoms with Crippen LogP contribution in [0.25, 0.3) is 0 Å². The van der Waals surface area contributed by atoms with Crippen LogP contribution in [0.1, 0.15) is 28.8 Å². The second kappa shape index (κ2) is 3.60. The van der Waals surface area contributed by atoms with Gasteiger partial charge in [-0.05, 0) is 30.9 Å². The molecule has 0 bridgehead atoms. The second-order valence-electron chi connectivity index (χ2n) is 3.25. The number of ether oxygens (including phenoxy) is 1. The van der Waals surface area contributed by atoms with E-state index in [0.717, 1.165) is 30.4 Å². The first kappa shape index (κ1) is 8.30. The van der Waals surface area contributed by atoms with Crippen molar-refractivity contribution in [3.8, 4) is 0 Å². The zero-order valence-electron chi connectivity index (χ0n) is 7.45. The topological polar surface area (TPSA) is 26.3 Å². The van der Waals surface area contributed by atoms with Crippen LogP contribution in [-0.2, 0) is 11.2 Å². The fraction of sp³-hybridized carbons (Fsp3) is 0.364. The maximum atomic E-state index is 11.4. The Morgan fingerprint density at radius 2 is 2.00 bits per heavy atom. The van der Waals surface area contributed by atoms with Crippen LogP contribution >= 0.6 is 0 Å². The Hall–Kier alpha value is -1.31. The zero-order valence-corrected chi connectivity index (χ0v) is 7.45. The van der Waals surface area contributed by atoms with Crippen LogP contribution in [0.15, 0.2) is 24.3 Å². The first-order chi connectivity index (χ1) is 6.38. The van der Waals surface area contributed by atoms with E-state index < -0.39 is 0 Å². The van der Waals surface area contributed by atoms with E-state index >= 15 is 0 Å². The first-order valence-corrected chi connectivity index (χ1v) is 4.63. The lowest BCUT2D eigenvalue weighted by Gasteiger charge is -2.12. The Morgan fingerprint density at radius 3 is 2.92 bits per heavy atom. The van der Waals surface area contributed by atoms with Gasteiger partial charge in [0.25, 0.3) is 0 Å². The molecule has 0 saturated heterocycles. The van der Waals surface area contributed by atoms with E-state index in [0.29, 0.717) is 6.61 Å². The third-order valence-corrected chi connectivity index (χ3v) is 2.31. The molecule has 1 aliphatic heterocycles. The number of carbonyl (C=O) groups excluding carboxylic acids is 1. The second-order valence-corrected chi connectivity index (χ2v) is 3.25. The van der Waals surface area contributed by atoms with E-state index in [2.05, 4.69) is 0 Å². The average Bonchev–Trinajstić information content (AvgIpc) is 2.14. The largest absolute Gasteiger partial charge is 0.462 e. The number of carbonyl (C=O) groups is 1. The summed E-state index contributed by atoms with van der Waals surface area (Å²) in [6.07, 6.45) is 3.07. The Labute approximate surface area is 77.5 Å². The number of esters is 1. The van der Waals surface area contributed by atoms with Gasteiger partial charge in [0.15, 0.2) is 0 Å². The van der Waals surface area contributed by atoms with Gasteiger partial charge in [-0.15, -0.1) is 0 Å². The smallest absolute Gasteiger partial charge is 0.338 e. The highest BCUT2D eigenvalue weighted by molar-refractivity contribution is 5.91. The van der Waals surface area contributed by atoms with Crippen molar-refractivity contribution in [2.24, 2.45) is 0 Å². The summed E-state index contributed by atoms with van der Waals surface area (Å²) >= 11 is 0. The molecule has 0 amide bonds. The summed E-state index contributed by atoms with van der Waals surface area (Å²) in [5.41, 5.74) is 1.86. The molecule has 0 N–H and O–H groups in total.